The van der Waals surface area contributed by atoms with Crippen molar-refractivity contribution in [3.8, 4) is 5.88 Å². The summed E-state index contributed by atoms with van der Waals surface area (Å²) >= 11 is 11.7. The number of benzene rings is 1. The van der Waals surface area contributed by atoms with E-state index in [1.165, 1.54) is 16.8 Å². The summed E-state index contributed by atoms with van der Waals surface area (Å²) in [6.45, 7) is 0.216. The molecule has 1 aliphatic rings. The first-order valence-electron chi connectivity index (χ1n) is 9.34. The molecule has 0 aliphatic carbocycles. The van der Waals surface area contributed by atoms with E-state index in [1.54, 1.807) is 24.4 Å². The number of piperidine rings is 1. The van der Waals surface area contributed by atoms with E-state index in [1.807, 2.05) is 0 Å². The van der Waals surface area contributed by atoms with Gasteiger partial charge in [0.1, 0.15) is 11.9 Å². The lowest BCUT2D eigenvalue weighted by Crippen LogP contribution is -2.41. The van der Waals surface area contributed by atoms with Gasteiger partial charge in [-0.25, -0.2) is 9.78 Å². The van der Waals surface area contributed by atoms with Gasteiger partial charge in [-0.3, -0.25) is 20.2 Å². The Balaban J connectivity index is 1.45. The molecule has 160 valence electrons. The molecule has 4 rings (SSSR count). The molecular weight excluding hydrogens is 445 g/mol. The van der Waals surface area contributed by atoms with Gasteiger partial charge in [-0.15, -0.1) is 0 Å². The number of fused-ring (bicyclic) bond motifs is 1. The van der Waals surface area contributed by atoms with Crippen molar-refractivity contribution in [3.05, 3.63) is 52.3 Å². The second-order valence-electron chi connectivity index (χ2n) is 7.04. The molecule has 4 amide bonds. The van der Waals surface area contributed by atoms with Crippen LogP contribution in [-0.2, 0) is 16.1 Å². The molecule has 11 heteroatoms. The van der Waals surface area contributed by atoms with Crippen molar-refractivity contribution in [1.82, 2.24) is 20.2 Å². The molecule has 0 spiro atoms. The van der Waals surface area contributed by atoms with Crippen LogP contribution in [0.3, 0.4) is 0 Å². The molecule has 0 radical (unpaired) electrons. The molecule has 3 aromatic rings. The number of halogens is 2. The van der Waals surface area contributed by atoms with Crippen LogP contribution in [0.15, 0.2) is 36.7 Å². The van der Waals surface area contributed by atoms with Crippen molar-refractivity contribution in [2.75, 3.05) is 5.32 Å². The van der Waals surface area contributed by atoms with Crippen molar-refractivity contribution in [3.63, 3.8) is 0 Å². The van der Waals surface area contributed by atoms with Crippen molar-refractivity contribution < 1.29 is 19.5 Å². The summed E-state index contributed by atoms with van der Waals surface area (Å²) in [7, 11) is 0. The molecular formula is C20H17Cl2N5O4. The number of urea groups is 1. The molecule has 1 atom stereocenters. The van der Waals surface area contributed by atoms with Crippen LogP contribution in [0, 0.1) is 0 Å². The van der Waals surface area contributed by atoms with Gasteiger partial charge in [0.15, 0.2) is 5.88 Å². The van der Waals surface area contributed by atoms with E-state index in [0.717, 1.165) is 5.56 Å². The molecule has 9 nitrogen and oxygen atoms in total. The van der Waals surface area contributed by atoms with E-state index in [2.05, 4.69) is 20.9 Å². The predicted molar refractivity (Wildman–Crippen MR) is 115 cm³/mol. The van der Waals surface area contributed by atoms with Crippen LogP contribution >= 0.6 is 23.2 Å². The van der Waals surface area contributed by atoms with Crippen molar-refractivity contribution >= 4 is 57.6 Å². The molecule has 3 heterocycles. The molecule has 31 heavy (non-hydrogen) atoms. The number of aromatic hydroxyl groups is 1. The van der Waals surface area contributed by atoms with E-state index in [-0.39, 0.29) is 40.6 Å². The Kier molecular flexibility index (Phi) is 5.71. The number of nitrogens with one attached hydrogen (secondary N) is 3. The number of amides is 4. The number of imide groups is 1. The van der Waals surface area contributed by atoms with E-state index < -0.39 is 18.0 Å². The van der Waals surface area contributed by atoms with E-state index in [4.69, 9.17) is 23.2 Å². The zero-order chi connectivity index (χ0) is 22.1. The third-order valence-electron chi connectivity index (χ3n) is 4.93. The standard InChI is InChI=1S/C20H17Cl2N5O4/c21-13-6-16(23-8-14(13)22)25-20(31)24-7-10-1-2-12-11(5-10)9-27(19(12)30)15-3-4-17(28)26-18(15)29/h1-2,5-6,8-9,15,30H,3-4,7H2,(H,26,28,29)(H2,23,24,25,31). The number of hydrogen-bond donors (Lipinski definition) is 4. The summed E-state index contributed by atoms with van der Waals surface area (Å²) in [5, 5.41) is 19.9. The molecule has 1 unspecified atom stereocenters. The summed E-state index contributed by atoms with van der Waals surface area (Å²) in [5.74, 6) is -0.553. The first kappa shape index (κ1) is 21.0. The van der Waals surface area contributed by atoms with E-state index in [0.29, 0.717) is 17.2 Å². The fourth-order valence-corrected chi connectivity index (χ4v) is 3.65. The second kappa shape index (κ2) is 8.44. The summed E-state index contributed by atoms with van der Waals surface area (Å²) in [5.41, 5.74) is 0.783. The maximum absolute atomic E-state index is 12.1. The number of nitrogens with zero attached hydrogens (tertiary/aromatic N) is 2. The van der Waals surface area contributed by atoms with Crippen LogP contribution in [0.4, 0.5) is 10.6 Å². The number of carbonyl (C=O) groups is 3. The Labute approximate surface area is 186 Å². The third kappa shape index (κ3) is 4.42. The minimum atomic E-state index is -0.656. The first-order valence-corrected chi connectivity index (χ1v) is 10.1. The third-order valence-corrected chi connectivity index (χ3v) is 5.64. The van der Waals surface area contributed by atoms with Gasteiger partial charge in [0.25, 0.3) is 0 Å². The second-order valence-corrected chi connectivity index (χ2v) is 7.85. The van der Waals surface area contributed by atoms with Crippen LogP contribution in [0.5, 0.6) is 5.88 Å². The quantitative estimate of drug-likeness (QED) is 0.443. The van der Waals surface area contributed by atoms with Gasteiger partial charge in [0, 0.05) is 42.2 Å². The van der Waals surface area contributed by atoms with Gasteiger partial charge in [-0.1, -0.05) is 29.3 Å². The van der Waals surface area contributed by atoms with Crippen LogP contribution in [0.1, 0.15) is 24.4 Å². The molecule has 2 aromatic heterocycles. The minimum Gasteiger partial charge on any atom is -0.494 e. The average molecular weight is 462 g/mol. The highest BCUT2D eigenvalue weighted by Crippen LogP contribution is 2.33. The molecule has 0 bridgehead atoms. The maximum atomic E-state index is 12.1. The highest BCUT2D eigenvalue weighted by molar-refractivity contribution is 6.42. The summed E-state index contributed by atoms with van der Waals surface area (Å²) in [4.78, 5) is 39.6. The number of hydrogen-bond acceptors (Lipinski definition) is 5. The Morgan fingerprint density at radius 2 is 2.06 bits per heavy atom. The molecule has 1 fully saturated rings. The number of rotatable bonds is 4. The Bertz CT molecular complexity index is 1210. The molecule has 4 N–H and O–H groups in total. The lowest BCUT2D eigenvalue weighted by atomic mass is 10.1. The molecule has 1 aliphatic heterocycles. The summed E-state index contributed by atoms with van der Waals surface area (Å²) in [6.07, 6.45) is 3.53. The van der Waals surface area contributed by atoms with Crippen molar-refractivity contribution in [1.29, 1.82) is 0 Å². The van der Waals surface area contributed by atoms with Crippen LogP contribution in [0.25, 0.3) is 10.8 Å². The van der Waals surface area contributed by atoms with Gasteiger partial charge in [-0.2, -0.15) is 0 Å². The predicted octanol–water partition coefficient (Wildman–Crippen LogP) is 3.35. The molecule has 1 saturated heterocycles. The Hall–Kier alpha value is -3.30. The van der Waals surface area contributed by atoms with Crippen molar-refractivity contribution in [2.45, 2.75) is 25.4 Å². The SMILES string of the molecule is O=C1CCC(n2cc3cc(CNC(=O)Nc4cc(Cl)c(Cl)cn4)ccc3c2O)C(=O)N1. The first-order chi connectivity index (χ1) is 14.8. The fourth-order valence-electron chi connectivity index (χ4n) is 3.39. The zero-order valence-corrected chi connectivity index (χ0v) is 17.5. The number of aromatic nitrogens is 2. The van der Waals surface area contributed by atoms with Gasteiger partial charge in [0.05, 0.1) is 10.0 Å². The summed E-state index contributed by atoms with van der Waals surface area (Å²) < 4.78 is 1.46. The van der Waals surface area contributed by atoms with Crippen LogP contribution in [-0.4, -0.2) is 32.5 Å². The largest absolute Gasteiger partial charge is 0.494 e. The van der Waals surface area contributed by atoms with E-state index >= 15 is 0 Å². The fraction of sp³-hybridized carbons (Fsp3) is 0.200. The van der Waals surface area contributed by atoms with Crippen LogP contribution in [0.2, 0.25) is 10.0 Å². The maximum Gasteiger partial charge on any atom is 0.320 e. The van der Waals surface area contributed by atoms with Crippen LogP contribution < -0.4 is 16.0 Å². The monoisotopic (exact) mass is 461 g/mol. The lowest BCUT2D eigenvalue weighted by molar-refractivity contribution is -0.135. The minimum absolute atomic E-state index is 0.0487. The highest BCUT2D eigenvalue weighted by Gasteiger charge is 2.30. The number of carbonyl (C=O) groups excluding carboxylic acids is 3. The lowest BCUT2D eigenvalue weighted by Gasteiger charge is -2.22. The van der Waals surface area contributed by atoms with Gasteiger partial charge >= 0.3 is 6.03 Å². The molecule has 1 aromatic carbocycles. The van der Waals surface area contributed by atoms with Crippen molar-refractivity contribution in [2.24, 2.45) is 0 Å². The Morgan fingerprint density at radius 3 is 2.81 bits per heavy atom. The zero-order valence-electron chi connectivity index (χ0n) is 16.0. The van der Waals surface area contributed by atoms with Gasteiger partial charge in [0.2, 0.25) is 11.8 Å². The average Bonchev–Trinajstić information content (AvgIpc) is 3.05. The Morgan fingerprint density at radius 1 is 1.26 bits per heavy atom. The topological polar surface area (TPSA) is 125 Å². The smallest absolute Gasteiger partial charge is 0.320 e. The van der Waals surface area contributed by atoms with E-state index in [9.17, 15) is 19.5 Å². The molecule has 0 saturated carbocycles. The highest BCUT2D eigenvalue weighted by atomic mass is 35.5. The summed E-state index contributed by atoms with van der Waals surface area (Å²) in [6, 6.07) is 5.58. The number of pyridine rings is 1. The van der Waals surface area contributed by atoms with Gasteiger partial charge < -0.3 is 15.0 Å². The number of anilines is 1. The van der Waals surface area contributed by atoms with Gasteiger partial charge in [-0.05, 0) is 24.1 Å². The normalized spacial score (nSPS) is 16.3.